The topological polar surface area (TPSA) is 84.2 Å². The standard InChI is InChI=1S/C16H15N3O2/c17-15(20)13-8-4-5-9-14(13)19-16(21)18-11-10-12-6-2-1-3-7-12/h1-11H,(H2,17,20)(H2,18,19,21)/b11-10+. The monoisotopic (exact) mass is 281 g/mol. The second-order valence-corrected chi connectivity index (χ2v) is 4.25. The van der Waals surface area contributed by atoms with Crippen LogP contribution in [0.15, 0.2) is 60.8 Å². The molecule has 2 aromatic rings. The fourth-order valence-corrected chi connectivity index (χ4v) is 1.74. The first kappa shape index (κ1) is 14.3. The molecule has 0 saturated carbocycles. The fourth-order valence-electron chi connectivity index (χ4n) is 1.74. The normalized spacial score (nSPS) is 10.3. The second-order valence-electron chi connectivity index (χ2n) is 4.25. The smallest absolute Gasteiger partial charge is 0.323 e. The summed E-state index contributed by atoms with van der Waals surface area (Å²) in [5.41, 5.74) is 6.84. The Labute approximate surface area is 122 Å². The number of nitrogens with two attached hydrogens (primary N) is 1. The lowest BCUT2D eigenvalue weighted by Gasteiger charge is -2.08. The summed E-state index contributed by atoms with van der Waals surface area (Å²) in [5.74, 6) is -0.592. The van der Waals surface area contributed by atoms with Crippen LogP contribution in [-0.4, -0.2) is 11.9 Å². The third-order valence-corrected chi connectivity index (χ3v) is 2.73. The zero-order chi connectivity index (χ0) is 15.1. The average molecular weight is 281 g/mol. The largest absolute Gasteiger partial charge is 0.366 e. The van der Waals surface area contributed by atoms with Crippen molar-refractivity contribution in [1.82, 2.24) is 5.32 Å². The van der Waals surface area contributed by atoms with E-state index in [2.05, 4.69) is 10.6 Å². The second kappa shape index (κ2) is 6.91. The van der Waals surface area contributed by atoms with Gasteiger partial charge in [0.1, 0.15) is 0 Å². The number of carbonyl (C=O) groups excluding carboxylic acids is 2. The molecule has 0 aliphatic carbocycles. The Balaban J connectivity index is 1.97. The predicted molar refractivity (Wildman–Crippen MR) is 82.6 cm³/mol. The van der Waals surface area contributed by atoms with Crippen LogP contribution in [-0.2, 0) is 0 Å². The van der Waals surface area contributed by atoms with Crippen molar-refractivity contribution >= 4 is 23.7 Å². The van der Waals surface area contributed by atoms with Gasteiger partial charge in [-0.3, -0.25) is 4.79 Å². The number of amides is 3. The van der Waals surface area contributed by atoms with Crippen molar-refractivity contribution < 1.29 is 9.59 Å². The van der Waals surface area contributed by atoms with Gasteiger partial charge in [0.15, 0.2) is 0 Å². The molecular formula is C16H15N3O2. The van der Waals surface area contributed by atoms with Crippen LogP contribution in [0.3, 0.4) is 0 Å². The first-order chi connectivity index (χ1) is 10.2. The van der Waals surface area contributed by atoms with E-state index in [-0.39, 0.29) is 5.56 Å². The van der Waals surface area contributed by atoms with Crippen molar-refractivity contribution in [3.63, 3.8) is 0 Å². The first-order valence-electron chi connectivity index (χ1n) is 6.35. The van der Waals surface area contributed by atoms with Crippen LogP contribution < -0.4 is 16.4 Å². The van der Waals surface area contributed by atoms with Gasteiger partial charge in [0, 0.05) is 6.20 Å². The van der Waals surface area contributed by atoms with Gasteiger partial charge in [-0.2, -0.15) is 0 Å². The lowest BCUT2D eigenvalue weighted by atomic mass is 10.1. The highest BCUT2D eigenvalue weighted by Crippen LogP contribution is 2.13. The van der Waals surface area contributed by atoms with Gasteiger partial charge in [-0.25, -0.2) is 4.79 Å². The average Bonchev–Trinajstić information content (AvgIpc) is 2.48. The quantitative estimate of drug-likeness (QED) is 0.804. The zero-order valence-corrected chi connectivity index (χ0v) is 11.2. The molecule has 2 rings (SSSR count). The van der Waals surface area contributed by atoms with Gasteiger partial charge in [0.05, 0.1) is 11.3 Å². The summed E-state index contributed by atoms with van der Waals surface area (Å²) in [6.07, 6.45) is 3.29. The van der Waals surface area contributed by atoms with Gasteiger partial charge >= 0.3 is 6.03 Å². The summed E-state index contributed by atoms with van der Waals surface area (Å²) < 4.78 is 0. The molecule has 0 radical (unpaired) electrons. The van der Waals surface area contributed by atoms with Crippen molar-refractivity contribution in [2.24, 2.45) is 5.73 Å². The summed E-state index contributed by atoms with van der Waals surface area (Å²) >= 11 is 0. The number of carbonyl (C=O) groups is 2. The van der Waals surface area contributed by atoms with E-state index in [4.69, 9.17) is 5.73 Å². The summed E-state index contributed by atoms with van der Waals surface area (Å²) in [6.45, 7) is 0. The minimum atomic E-state index is -0.592. The van der Waals surface area contributed by atoms with E-state index in [0.29, 0.717) is 5.69 Å². The molecule has 106 valence electrons. The third kappa shape index (κ3) is 4.21. The van der Waals surface area contributed by atoms with Crippen molar-refractivity contribution in [1.29, 1.82) is 0 Å². The maximum Gasteiger partial charge on any atom is 0.323 e. The van der Waals surface area contributed by atoms with Crippen LogP contribution in [0.25, 0.3) is 6.08 Å². The summed E-state index contributed by atoms with van der Waals surface area (Å²) in [7, 11) is 0. The first-order valence-corrected chi connectivity index (χ1v) is 6.35. The highest BCUT2D eigenvalue weighted by molar-refractivity contribution is 6.02. The number of rotatable bonds is 4. The molecule has 5 nitrogen and oxygen atoms in total. The summed E-state index contributed by atoms with van der Waals surface area (Å²) in [5, 5.41) is 5.14. The van der Waals surface area contributed by atoms with E-state index < -0.39 is 11.9 Å². The molecule has 3 amide bonds. The van der Waals surface area contributed by atoms with Crippen LogP contribution in [0.4, 0.5) is 10.5 Å². The minimum absolute atomic E-state index is 0.264. The Morgan fingerprint density at radius 1 is 0.952 bits per heavy atom. The van der Waals surface area contributed by atoms with E-state index >= 15 is 0 Å². The van der Waals surface area contributed by atoms with Crippen molar-refractivity contribution in [3.05, 3.63) is 71.9 Å². The molecule has 0 unspecified atom stereocenters. The Bertz CT molecular complexity index is 666. The van der Waals surface area contributed by atoms with E-state index in [1.165, 1.54) is 6.20 Å². The number of primary amides is 1. The van der Waals surface area contributed by atoms with E-state index in [1.54, 1.807) is 30.3 Å². The van der Waals surface area contributed by atoms with Crippen LogP contribution in [0.5, 0.6) is 0 Å². The fraction of sp³-hybridized carbons (Fsp3) is 0. The van der Waals surface area contributed by atoms with Crippen LogP contribution in [0.1, 0.15) is 15.9 Å². The van der Waals surface area contributed by atoms with Gasteiger partial charge in [-0.1, -0.05) is 42.5 Å². The van der Waals surface area contributed by atoms with Gasteiger partial charge in [-0.05, 0) is 23.8 Å². The van der Waals surface area contributed by atoms with Crippen LogP contribution in [0, 0.1) is 0 Å². The molecule has 0 aliphatic heterocycles. The molecule has 0 fully saturated rings. The molecule has 2 aromatic carbocycles. The third-order valence-electron chi connectivity index (χ3n) is 2.73. The lowest BCUT2D eigenvalue weighted by Crippen LogP contribution is -2.25. The number of urea groups is 1. The highest BCUT2D eigenvalue weighted by Gasteiger charge is 2.08. The molecule has 5 heteroatoms. The lowest BCUT2D eigenvalue weighted by molar-refractivity contribution is 0.100. The van der Waals surface area contributed by atoms with Crippen LogP contribution >= 0.6 is 0 Å². The zero-order valence-electron chi connectivity index (χ0n) is 11.2. The number of nitrogens with one attached hydrogen (secondary N) is 2. The summed E-state index contributed by atoms with van der Waals surface area (Å²) in [6, 6.07) is 15.7. The maximum atomic E-state index is 11.8. The number of hydrogen-bond donors (Lipinski definition) is 3. The van der Waals surface area contributed by atoms with Gasteiger partial charge < -0.3 is 16.4 Å². The molecule has 0 aliphatic rings. The summed E-state index contributed by atoms with van der Waals surface area (Å²) in [4.78, 5) is 23.0. The highest BCUT2D eigenvalue weighted by atomic mass is 16.2. The SMILES string of the molecule is NC(=O)c1ccccc1NC(=O)N/C=C/c1ccccc1. The number of benzene rings is 2. The van der Waals surface area contributed by atoms with E-state index in [1.807, 2.05) is 30.3 Å². The van der Waals surface area contributed by atoms with Crippen molar-refractivity contribution in [3.8, 4) is 0 Å². The number of hydrogen-bond acceptors (Lipinski definition) is 2. The number of anilines is 1. The molecular weight excluding hydrogens is 266 g/mol. The van der Waals surface area contributed by atoms with E-state index in [0.717, 1.165) is 5.56 Å². The minimum Gasteiger partial charge on any atom is -0.366 e. The molecule has 0 aromatic heterocycles. The Morgan fingerprint density at radius 3 is 2.33 bits per heavy atom. The molecule has 0 atom stereocenters. The van der Waals surface area contributed by atoms with Gasteiger partial charge in [-0.15, -0.1) is 0 Å². The molecule has 0 heterocycles. The molecule has 0 bridgehead atoms. The van der Waals surface area contributed by atoms with Crippen molar-refractivity contribution in [2.45, 2.75) is 0 Å². The Kier molecular flexibility index (Phi) is 4.71. The molecule has 0 spiro atoms. The van der Waals surface area contributed by atoms with E-state index in [9.17, 15) is 9.59 Å². The van der Waals surface area contributed by atoms with Gasteiger partial charge in [0.25, 0.3) is 5.91 Å². The molecule has 0 saturated heterocycles. The van der Waals surface area contributed by atoms with Gasteiger partial charge in [0.2, 0.25) is 0 Å². The predicted octanol–water partition coefficient (Wildman–Crippen LogP) is 2.58. The van der Waals surface area contributed by atoms with Crippen molar-refractivity contribution in [2.75, 3.05) is 5.32 Å². The maximum absolute atomic E-state index is 11.8. The van der Waals surface area contributed by atoms with Crippen LogP contribution in [0.2, 0.25) is 0 Å². The Hall–Kier alpha value is -3.08. The molecule has 21 heavy (non-hydrogen) atoms. The number of para-hydroxylation sites is 1. The Morgan fingerprint density at radius 2 is 1.62 bits per heavy atom. The molecule has 4 N–H and O–H groups in total.